The van der Waals surface area contributed by atoms with E-state index in [0.717, 1.165) is 18.5 Å². The van der Waals surface area contributed by atoms with Crippen LogP contribution in [0.2, 0.25) is 0 Å². The minimum atomic E-state index is -0.432. The lowest BCUT2D eigenvalue weighted by atomic mass is 10.1. The van der Waals surface area contributed by atoms with Crippen LogP contribution in [0.4, 0.5) is 10.6 Å². The highest BCUT2D eigenvalue weighted by atomic mass is 16.3. The number of piperidine rings is 1. The summed E-state index contributed by atoms with van der Waals surface area (Å²) in [5.41, 5.74) is 0.870. The molecule has 0 spiro atoms. The van der Waals surface area contributed by atoms with Crippen LogP contribution in [0.5, 0.6) is 0 Å². The van der Waals surface area contributed by atoms with Crippen molar-refractivity contribution in [2.75, 3.05) is 18.4 Å². The number of nitrogens with one attached hydrogen (secondary N) is 1. The number of carbonyl (C=O) groups excluding carboxylic acids is 1. The number of hydrogen-bond donors (Lipinski definition) is 2. The van der Waals surface area contributed by atoms with Crippen molar-refractivity contribution in [2.24, 2.45) is 0 Å². The number of nitrogens with zero attached hydrogens (tertiary/aromatic N) is 4. The van der Waals surface area contributed by atoms with Crippen molar-refractivity contribution < 1.29 is 9.90 Å². The second-order valence-electron chi connectivity index (χ2n) is 5.37. The fraction of sp³-hybridized carbons (Fsp3) is 0.400. The number of aliphatic hydroxyl groups is 1. The van der Waals surface area contributed by atoms with Gasteiger partial charge in [0, 0.05) is 25.4 Å². The fourth-order valence-electron chi connectivity index (χ4n) is 2.54. The normalized spacial score (nSPS) is 18.2. The second kappa shape index (κ2) is 6.57. The number of aromatic nitrogens is 3. The smallest absolute Gasteiger partial charge is 0.323 e. The topological polar surface area (TPSA) is 83.3 Å². The summed E-state index contributed by atoms with van der Waals surface area (Å²) in [7, 11) is 0. The molecule has 1 aliphatic rings. The van der Waals surface area contributed by atoms with Gasteiger partial charge in [-0.05, 0) is 25.0 Å². The molecule has 2 aromatic heterocycles. The van der Waals surface area contributed by atoms with Gasteiger partial charge in [0.05, 0.1) is 24.5 Å². The van der Waals surface area contributed by atoms with Gasteiger partial charge in [-0.1, -0.05) is 6.07 Å². The zero-order chi connectivity index (χ0) is 15.4. The Hall–Kier alpha value is -2.41. The highest BCUT2D eigenvalue weighted by Gasteiger charge is 2.22. The molecule has 1 atom stereocenters. The third-order valence-electron chi connectivity index (χ3n) is 3.67. The first kappa shape index (κ1) is 14.5. The monoisotopic (exact) mass is 301 g/mol. The molecule has 1 aliphatic heterocycles. The molecule has 0 aliphatic carbocycles. The number of amides is 2. The minimum Gasteiger partial charge on any atom is -0.391 e. The van der Waals surface area contributed by atoms with E-state index in [-0.39, 0.29) is 6.03 Å². The van der Waals surface area contributed by atoms with Crippen LogP contribution < -0.4 is 5.32 Å². The van der Waals surface area contributed by atoms with Crippen molar-refractivity contribution in [2.45, 2.75) is 25.5 Å². The van der Waals surface area contributed by atoms with E-state index in [0.29, 0.717) is 25.5 Å². The van der Waals surface area contributed by atoms with Crippen molar-refractivity contribution in [1.29, 1.82) is 0 Å². The first-order chi connectivity index (χ1) is 10.7. The largest absolute Gasteiger partial charge is 0.391 e. The van der Waals surface area contributed by atoms with Crippen LogP contribution in [-0.4, -0.2) is 50.0 Å². The van der Waals surface area contributed by atoms with Crippen molar-refractivity contribution >= 4 is 11.8 Å². The van der Waals surface area contributed by atoms with E-state index in [9.17, 15) is 9.90 Å². The number of urea groups is 1. The van der Waals surface area contributed by atoms with Crippen LogP contribution in [0.1, 0.15) is 18.5 Å². The minimum absolute atomic E-state index is 0.207. The maximum absolute atomic E-state index is 12.3. The van der Waals surface area contributed by atoms with Crippen LogP contribution in [0.3, 0.4) is 0 Å². The predicted octanol–water partition coefficient (Wildman–Crippen LogP) is 1.31. The quantitative estimate of drug-likeness (QED) is 0.895. The highest BCUT2D eigenvalue weighted by Crippen LogP contribution is 2.13. The van der Waals surface area contributed by atoms with Gasteiger partial charge >= 0.3 is 6.03 Å². The van der Waals surface area contributed by atoms with Crippen molar-refractivity contribution in [3.63, 3.8) is 0 Å². The summed E-state index contributed by atoms with van der Waals surface area (Å²) < 4.78 is 1.70. The molecule has 2 aromatic rings. The molecule has 1 fully saturated rings. The van der Waals surface area contributed by atoms with E-state index in [1.54, 1.807) is 28.0 Å². The predicted molar refractivity (Wildman–Crippen MR) is 81.4 cm³/mol. The van der Waals surface area contributed by atoms with E-state index in [4.69, 9.17) is 0 Å². The molecule has 7 nitrogen and oxygen atoms in total. The molecular weight excluding hydrogens is 282 g/mol. The van der Waals surface area contributed by atoms with E-state index < -0.39 is 6.10 Å². The number of aliphatic hydroxyl groups excluding tert-OH is 1. The van der Waals surface area contributed by atoms with Gasteiger partial charge < -0.3 is 10.0 Å². The lowest BCUT2D eigenvalue weighted by molar-refractivity contribution is 0.0883. The van der Waals surface area contributed by atoms with Crippen molar-refractivity contribution in [3.8, 4) is 0 Å². The van der Waals surface area contributed by atoms with Crippen LogP contribution in [0, 0.1) is 0 Å². The summed E-state index contributed by atoms with van der Waals surface area (Å²) in [5, 5.41) is 16.7. The van der Waals surface area contributed by atoms with Crippen LogP contribution in [0.15, 0.2) is 36.7 Å². The van der Waals surface area contributed by atoms with E-state index in [1.807, 2.05) is 18.2 Å². The van der Waals surface area contributed by atoms with Gasteiger partial charge in [0.25, 0.3) is 0 Å². The summed E-state index contributed by atoms with van der Waals surface area (Å²) in [6, 6.07) is 7.23. The average Bonchev–Trinajstić information content (AvgIpc) is 2.95. The van der Waals surface area contributed by atoms with Crippen molar-refractivity contribution in [3.05, 3.63) is 42.4 Å². The van der Waals surface area contributed by atoms with E-state index in [1.165, 1.54) is 0 Å². The molecule has 3 heterocycles. The number of β-amino-alcohol motifs (C(OH)–C–C–N with tert-alkyl or cyclic N) is 1. The number of pyridine rings is 1. The van der Waals surface area contributed by atoms with Gasteiger partial charge in [0.1, 0.15) is 5.82 Å². The number of rotatable bonds is 3. The third-order valence-corrected chi connectivity index (χ3v) is 3.67. The van der Waals surface area contributed by atoms with Gasteiger partial charge in [0.2, 0.25) is 0 Å². The summed E-state index contributed by atoms with van der Waals surface area (Å²) in [6.45, 7) is 1.53. The molecule has 2 amide bonds. The van der Waals surface area contributed by atoms with E-state index >= 15 is 0 Å². The zero-order valence-electron chi connectivity index (χ0n) is 12.2. The van der Waals surface area contributed by atoms with Gasteiger partial charge in [-0.25, -0.2) is 9.48 Å². The Morgan fingerprint density at radius 2 is 2.27 bits per heavy atom. The third kappa shape index (κ3) is 3.43. The molecule has 116 valence electrons. The SMILES string of the molecule is O=C(Nc1ccnn1Cc1ccccn1)N1CCCC(O)C1. The maximum atomic E-state index is 12.3. The maximum Gasteiger partial charge on any atom is 0.323 e. The highest BCUT2D eigenvalue weighted by molar-refractivity contribution is 5.88. The standard InChI is InChI=1S/C15H19N5O2/c21-13-5-3-9-19(11-13)15(22)18-14-6-8-17-20(14)10-12-4-1-2-7-16-12/h1-2,4,6-8,13,21H,3,5,9-11H2,(H,18,22). The molecule has 0 saturated carbocycles. The van der Waals surface area contributed by atoms with Crippen LogP contribution in [0.25, 0.3) is 0 Å². The van der Waals surface area contributed by atoms with Gasteiger partial charge in [0.15, 0.2) is 0 Å². The van der Waals surface area contributed by atoms with Gasteiger partial charge in [-0.15, -0.1) is 0 Å². The lowest BCUT2D eigenvalue weighted by Gasteiger charge is -2.30. The number of hydrogen-bond acceptors (Lipinski definition) is 4. The number of carbonyl (C=O) groups is 1. The molecule has 7 heteroatoms. The molecule has 22 heavy (non-hydrogen) atoms. The molecular formula is C15H19N5O2. The molecule has 0 radical (unpaired) electrons. The Morgan fingerprint density at radius 3 is 3.05 bits per heavy atom. The average molecular weight is 301 g/mol. The number of anilines is 1. The summed E-state index contributed by atoms with van der Waals surface area (Å²) in [5.74, 6) is 0.621. The molecule has 2 N–H and O–H groups in total. The van der Waals surface area contributed by atoms with Gasteiger partial charge in [-0.2, -0.15) is 5.10 Å². The van der Waals surface area contributed by atoms with E-state index in [2.05, 4.69) is 15.4 Å². The van der Waals surface area contributed by atoms with Crippen molar-refractivity contribution in [1.82, 2.24) is 19.7 Å². The van der Waals surface area contributed by atoms with Gasteiger partial charge in [-0.3, -0.25) is 10.3 Å². The summed E-state index contributed by atoms with van der Waals surface area (Å²) >= 11 is 0. The number of likely N-dealkylation sites (tertiary alicyclic amines) is 1. The molecule has 1 saturated heterocycles. The first-order valence-corrected chi connectivity index (χ1v) is 7.38. The Labute approximate surface area is 128 Å². The second-order valence-corrected chi connectivity index (χ2v) is 5.37. The van der Waals surface area contributed by atoms with Crippen LogP contribution in [-0.2, 0) is 6.54 Å². The Morgan fingerprint density at radius 1 is 1.36 bits per heavy atom. The fourth-order valence-corrected chi connectivity index (χ4v) is 2.54. The molecule has 0 bridgehead atoms. The zero-order valence-corrected chi connectivity index (χ0v) is 12.2. The molecule has 1 unspecified atom stereocenters. The Kier molecular flexibility index (Phi) is 4.34. The Balaban J connectivity index is 1.66. The lowest BCUT2D eigenvalue weighted by Crippen LogP contribution is -2.44. The van der Waals surface area contributed by atoms with Crippen LogP contribution >= 0.6 is 0 Å². The summed E-state index contributed by atoms with van der Waals surface area (Å²) in [6.07, 6.45) is 4.51. The first-order valence-electron chi connectivity index (χ1n) is 7.38. The molecule has 0 aromatic carbocycles. The molecule has 3 rings (SSSR count). The Bertz CT molecular complexity index is 628. The summed E-state index contributed by atoms with van der Waals surface area (Å²) in [4.78, 5) is 18.2.